The molecule has 0 bridgehead atoms. The van der Waals surface area contributed by atoms with E-state index in [2.05, 4.69) is 44.9 Å². The molecule has 1 N–H and O–H groups in total. The molecule has 21 heavy (non-hydrogen) atoms. The molecule has 0 amide bonds. The summed E-state index contributed by atoms with van der Waals surface area (Å²) in [6.07, 6.45) is 0. The van der Waals surface area contributed by atoms with Gasteiger partial charge in [-0.3, -0.25) is 0 Å². The van der Waals surface area contributed by atoms with Crippen LogP contribution in [-0.2, 0) is 11.0 Å². The van der Waals surface area contributed by atoms with Crippen LogP contribution >= 0.6 is 15.9 Å². The summed E-state index contributed by atoms with van der Waals surface area (Å²) < 4.78 is 16.5. The molecule has 0 aliphatic heterocycles. The van der Waals surface area contributed by atoms with Gasteiger partial charge in [0, 0.05) is 4.47 Å². The lowest BCUT2D eigenvalue weighted by Gasteiger charge is -2.25. The van der Waals surface area contributed by atoms with Gasteiger partial charge in [-0.2, -0.15) is 0 Å². The van der Waals surface area contributed by atoms with E-state index in [9.17, 15) is 4.21 Å². The molecule has 0 unspecified atom stereocenters. The second-order valence-electron chi connectivity index (χ2n) is 5.89. The van der Waals surface area contributed by atoms with Crippen molar-refractivity contribution in [1.82, 2.24) is 4.72 Å². The van der Waals surface area contributed by atoms with Gasteiger partial charge in [0.25, 0.3) is 0 Å². The lowest BCUT2D eigenvalue weighted by Crippen LogP contribution is -2.36. The van der Waals surface area contributed by atoms with Crippen LogP contribution < -0.4 is 4.72 Å². The molecule has 0 saturated heterocycles. The SMILES string of the molecule is CC(C)(C)[S@](=O)N[C@H](c1ccccc1)c1ccc(Br)cc1. The molecular formula is C17H20BrNOS. The monoisotopic (exact) mass is 365 g/mol. The molecule has 0 saturated carbocycles. The molecule has 0 spiro atoms. The maximum absolute atomic E-state index is 12.5. The minimum absolute atomic E-state index is 0.0839. The molecule has 0 aliphatic rings. The third-order valence-corrected chi connectivity index (χ3v) is 5.21. The Morgan fingerprint density at radius 1 is 0.952 bits per heavy atom. The van der Waals surface area contributed by atoms with Gasteiger partial charge in [0.1, 0.15) is 0 Å². The minimum atomic E-state index is -1.14. The van der Waals surface area contributed by atoms with Crippen molar-refractivity contribution in [1.29, 1.82) is 0 Å². The standard InChI is InChI=1S/C17H20BrNOS/c1-17(2,3)21(20)19-16(13-7-5-4-6-8-13)14-9-11-15(18)12-10-14/h4-12,16,19H,1-3H3/t16-,21+/m1/s1. The summed E-state index contributed by atoms with van der Waals surface area (Å²) in [6, 6.07) is 18.1. The lowest BCUT2D eigenvalue weighted by molar-refractivity contribution is 0.623. The number of halogens is 1. The van der Waals surface area contributed by atoms with Gasteiger partial charge in [0.2, 0.25) is 0 Å². The van der Waals surface area contributed by atoms with Gasteiger partial charge >= 0.3 is 0 Å². The fourth-order valence-corrected chi connectivity index (χ4v) is 3.02. The van der Waals surface area contributed by atoms with Crippen molar-refractivity contribution in [2.24, 2.45) is 0 Å². The van der Waals surface area contributed by atoms with Crippen LogP contribution in [0.3, 0.4) is 0 Å². The van der Waals surface area contributed by atoms with Crippen LogP contribution in [0.2, 0.25) is 0 Å². The second-order valence-corrected chi connectivity index (χ2v) is 8.81. The fraction of sp³-hybridized carbons (Fsp3) is 0.294. The number of hydrogen-bond acceptors (Lipinski definition) is 1. The van der Waals surface area contributed by atoms with Crippen molar-refractivity contribution in [2.45, 2.75) is 31.6 Å². The van der Waals surface area contributed by atoms with Crippen molar-refractivity contribution >= 4 is 26.9 Å². The Hall–Kier alpha value is -0.970. The van der Waals surface area contributed by atoms with Crippen LogP contribution in [0.5, 0.6) is 0 Å². The molecule has 0 aromatic heterocycles. The van der Waals surface area contributed by atoms with Gasteiger partial charge in [0.05, 0.1) is 21.8 Å². The molecule has 0 fully saturated rings. The van der Waals surface area contributed by atoms with Crippen LogP contribution in [0.1, 0.15) is 37.9 Å². The summed E-state index contributed by atoms with van der Waals surface area (Å²) in [4.78, 5) is 0. The first-order valence-electron chi connectivity index (χ1n) is 6.86. The average molecular weight is 366 g/mol. The molecule has 4 heteroatoms. The molecule has 2 atom stereocenters. The van der Waals surface area contributed by atoms with Crippen molar-refractivity contribution in [3.63, 3.8) is 0 Å². The molecule has 2 aromatic rings. The van der Waals surface area contributed by atoms with E-state index in [1.54, 1.807) is 0 Å². The molecule has 0 aliphatic carbocycles. The van der Waals surface area contributed by atoms with E-state index < -0.39 is 11.0 Å². The van der Waals surface area contributed by atoms with Crippen LogP contribution in [0.4, 0.5) is 0 Å². The van der Waals surface area contributed by atoms with Gasteiger partial charge in [0.15, 0.2) is 0 Å². The Labute approximate surface area is 137 Å². The highest BCUT2D eigenvalue weighted by Crippen LogP contribution is 2.25. The highest BCUT2D eigenvalue weighted by molar-refractivity contribution is 9.10. The predicted molar refractivity (Wildman–Crippen MR) is 93.5 cm³/mol. The summed E-state index contributed by atoms with van der Waals surface area (Å²) in [5, 5.41) is 0. The van der Waals surface area contributed by atoms with Gasteiger partial charge in [-0.1, -0.05) is 58.4 Å². The van der Waals surface area contributed by atoms with Gasteiger partial charge in [-0.25, -0.2) is 8.93 Å². The smallest absolute Gasteiger partial charge is 0.0979 e. The first-order valence-corrected chi connectivity index (χ1v) is 8.80. The van der Waals surface area contributed by atoms with E-state index in [0.717, 1.165) is 15.6 Å². The Morgan fingerprint density at radius 2 is 1.48 bits per heavy atom. The minimum Gasteiger partial charge on any atom is -0.242 e. The van der Waals surface area contributed by atoms with Gasteiger partial charge in [-0.15, -0.1) is 0 Å². The van der Waals surface area contributed by atoms with E-state index in [1.165, 1.54) is 0 Å². The summed E-state index contributed by atoms with van der Waals surface area (Å²) in [6.45, 7) is 5.92. The van der Waals surface area contributed by atoms with Gasteiger partial charge < -0.3 is 0 Å². The molecule has 0 heterocycles. The maximum Gasteiger partial charge on any atom is 0.0979 e. The summed E-state index contributed by atoms with van der Waals surface area (Å²) in [7, 11) is -1.14. The van der Waals surface area contributed by atoms with E-state index in [-0.39, 0.29) is 10.8 Å². The molecule has 0 radical (unpaired) electrons. The number of rotatable bonds is 4. The van der Waals surface area contributed by atoms with Crippen LogP contribution in [0.15, 0.2) is 59.1 Å². The van der Waals surface area contributed by atoms with Gasteiger partial charge in [-0.05, 0) is 44.0 Å². The van der Waals surface area contributed by atoms with E-state index in [0.29, 0.717) is 0 Å². The van der Waals surface area contributed by atoms with E-state index >= 15 is 0 Å². The highest BCUT2D eigenvalue weighted by atomic mass is 79.9. The van der Waals surface area contributed by atoms with Crippen LogP contribution in [-0.4, -0.2) is 8.96 Å². The third kappa shape index (κ3) is 4.50. The van der Waals surface area contributed by atoms with Crippen molar-refractivity contribution < 1.29 is 4.21 Å². The maximum atomic E-state index is 12.5. The summed E-state index contributed by atoms with van der Waals surface area (Å²) >= 11 is 3.45. The van der Waals surface area contributed by atoms with Crippen molar-refractivity contribution in [2.75, 3.05) is 0 Å². The average Bonchev–Trinajstić information content (AvgIpc) is 2.45. The Balaban J connectivity index is 2.36. The van der Waals surface area contributed by atoms with Crippen LogP contribution in [0, 0.1) is 0 Å². The number of benzene rings is 2. The molecule has 112 valence electrons. The zero-order valence-electron chi connectivity index (χ0n) is 12.5. The van der Waals surface area contributed by atoms with Crippen LogP contribution in [0.25, 0.3) is 0 Å². The number of nitrogens with one attached hydrogen (secondary N) is 1. The molecule has 2 aromatic carbocycles. The largest absolute Gasteiger partial charge is 0.242 e. The first-order chi connectivity index (χ1) is 9.88. The Bertz CT molecular complexity index is 605. The highest BCUT2D eigenvalue weighted by Gasteiger charge is 2.24. The third-order valence-electron chi connectivity index (χ3n) is 3.12. The Morgan fingerprint density at radius 3 is 2.00 bits per heavy atom. The molecule has 2 nitrogen and oxygen atoms in total. The molecular weight excluding hydrogens is 346 g/mol. The fourth-order valence-electron chi connectivity index (χ4n) is 1.91. The lowest BCUT2D eigenvalue weighted by atomic mass is 10.00. The van der Waals surface area contributed by atoms with E-state index in [4.69, 9.17) is 0 Å². The van der Waals surface area contributed by atoms with Crippen molar-refractivity contribution in [3.8, 4) is 0 Å². The summed E-state index contributed by atoms with van der Waals surface area (Å²) in [5.74, 6) is 0. The molecule has 2 rings (SSSR count). The first kappa shape index (κ1) is 16.4. The number of hydrogen-bond donors (Lipinski definition) is 1. The second kappa shape index (κ2) is 6.86. The summed E-state index contributed by atoms with van der Waals surface area (Å²) in [5.41, 5.74) is 2.21. The quantitative estimate of drug-likeness (QED) is 0.843. The van der Waals surface area contributed by atoms with E-state index in [1.807, 2.05) is 51.1 Å². The zero-order chi connectivity index (χ0) is 15.5. The topological polar surface area (TPSA) is 29.1 Å². The predicted octanol–water partition coefficient (Wildman–Crippen LogP) is 4.59. The Kier molecular flexibility index (Phi) is 5.36. The van der Waals surface area contributed by atoms with Crippen molar-refractivity contribution in [3.05, 3.63) is 70.2 Å². The normalized spacial score (nSPS) is 14.7. The zero-order valence-corrected chi connectivity index (χ0v) is 14.9.